The van der Waals surface area contributed by atoms with E-state index < -0.39 is 0 Å². The highest BCUT2D eigenvalue weighted by molar-refractivity contribution is 5.87. The summed E-state index contributed by atoms with van der Waals surface area (Å²) in [5.74, 6) is -0.504. The molecule has 1 amide bonds. The summed E-state index contributed by atoms with van der Waals surface area (Å²) in [5, 5.41) is 2.56. The van der Waals surface area contributed by atoms with Crippen LogP contribution in [0.25, 0.3) is 0 Å². The Hall–Kier alpha value is -1.32. The number of rotatable bonds is 21. The first-order valence-corrected chi connectivity index (χ1v) is 11.8. The Bertz CT molecular complexity index is 382. The molecule has 0 spiro atoms. The molecule has 0 saturated carbocycles. The van der Waals surface area contributed by atoms with Crippen LogP contribution in [0.15, 0.2) is 12.7 Å². The second kappa shape index (κ2) is 22.0. The van der Waals surface area contributed by atoms with Crippen LogP contribution >= 0.6 is 0 Å². The third kappa shape index (κ3) is 21.0. The van der Waals surface area contributed by atoms with Crippen LogP contribution < -0.4 is 5.32 Å². The van der Waals surface area contributed by atoms with Gasteiger partial charge in [0.1, 0.15) is 0 Å². The Morgan fingerprint density at radius 1 is 0.750 bits per heavy atom. The van der Waals surface area contributed by atoms with Gasteiger partial charge in [0, 0.05) is 6.54 Å². The van der Waals surface area contributed by atoms with Gasteiger partial charge < -0.3 is 10.1 Å². The van der Waals surface area contributed by atoms with Crippen LogP contribution in [0, 0.1) is 0 Å². The number of hydrogen-bond donors (Lipinski definition) is 1. The summed E-state index contributed by atoms with van der Waals surface area (Å²) in [5.41, 5.74) is 0. The van der Waals surface area contributed by atoms with Gasteiger partial charge in [0.25, 0.3) is 0 Å². The fourth-order valence-electron chi connectivity index (χ4n) is 3.27. The van der Waals surface area contributed by atoms with Gasteiger partial charge in [-0.15, -0.1) is 0 Å². The number of carbonyl (C=O) groups excluding carboxylic acids is 2. The standard InChI is InChI=1S/C24H45NO3/c1-3-5-6-7-8-9-10-11-12-13-14-15-16-17-18-19-22-28-24(27)20-21-25-23(26)4-2/h4H,2-3,5-22H2,1H3,(H,25,26). The monoisotopic (exact) mass is 395 g/mol. The summed E-state index contributed by atoms with van der Waals surface area (Å²) < 4.78 is 5.16. The number of esters is 1. The maximum absolute atomic E-state index is 11.5. The lowest BCUT2D eigenvalue weighted by Gasteiger charge is -2.06. The van der Waals surface area contributed by atoms with E-state index >= 15 is 0 Å². The van der Waals surface area contributed by atoms with E-state index in [0.29, 0.717) is 13.2 Å². The van der Waals surface area contributed by atoms with Crippen LogP contribution in [-0.2, 0) is 14.3 Å². The maximum Gasteiger partial charge on any atom is 0.307 e. The van der Waals surface area contributed by atoms with E-state index in [1.807, 2.05) is 0 Å². The van der Waals surface area contributed by atoms with E-state index in [1.165, 1.54) is 96.0 Å². The van der Waals surface area contributed by atoms with Crippen LogP contribution in [-0.4, -0.2) is 25.0 Å². The highest BCUT2D eigenvalue weighted by Crippen LogP contribution is 2.13. The lowest BCUT2D eigenvalue weighted by molar-refractivity contribution is -0.143. The van der Waals surface area contributed by atoms with Crippen molar-refractivity contribution in [1.82, 2.24) is 5.32 Å². The number of hydrogen-bond acceptors (Lipinski definition) is 3. The summed E-state index contributed by atoms with van der Waals surface area (Å²) >= 11 is 0. The van der Waals surface area contributed by atoms with Crippen molar-refractivity contribution in [2.24, 2.45) is 0 Å². The highest BCUT2D eigenvalue weighted by atomic mass is 16.5. The molecule has 4 nitrogen and oxygen atoms in total. The minimum absolute atomic E-state index is 0.221. The molecule has 0 aromatic rings. The van der Waals surface area contributed by atoms with Crippen molar-refractivity contribution in [3.05, 3.63) is 12.7 Å². The van der Waals surface area contributed by atoms with Crippen LogP contribution in [0.1, 0.15) is 116 Å². The lowest BCUT2D eigenvalue weighted by Crippen LogP contribution is -2.24. The van der Waals surface area contributed by atoms with E-state index in [-0.39, 0.29) is 18.3 Å². The largest absolute Gasteiger partial charge is 0.466 e. The van der Waals surface area contributed by atoms with Crippen molar-refractivity contribution < 1.29 is 14.3 Å². The summed E-state index contributed by atoms with van der Waals surface area (Å²) in [4.78, 5) is 22.4. The molecule has 0 aliphatic heterocycles. The van der Waals surface area contributed by atoms with Gasteiger partial charge in [0.2, 0.25) is 5.91 Å². The predicted molar refractivity (Wildman–Crippen MR) is 118 cm³/mol. The van der Waals surface area contributed by atoms with Crippen molar-refractivity contribution in [2.75, 3.05) is 13.2 Å². The van der Waals surface area contributed by atoms with Gasteiger partial charge >= 0.3 is 5.97 Å². The first kappa shape index (κ1) is 26.7. The molecule has 4 heteroatoms. The minimum Gasteiger partial charge on any atom is -0.466 e. The molecule has 28 heavy (non-hydrogen) atoms. The van der Waals surface area contributed by atoms with Crippen molar-refractivity contribution in [2.45, 2.75) is 116 Å². The molecule has 0 fully saturated rings. The van der Waals surface area contributed by atoms with Gasteiger partial charge in [-0.25, -0.2) is 0 Å². The second-order valence-corrected chi connectivity index (χ2v) is 7.77. The van der Waals surface area contributed by atoms with Crippen LogP contribution in [0.3, 0.4) is 0 Å². The molecule has 0 aliphatic rings. The van der Waals surface area contributed by atoms with Gasteiger partial charge in [-0.2, -0.15) is 0 Å². The number of unbranched alkanes of at least 4 members (excludes halogenated alkanes) is 15. The molecule has 164 valence electrons. The van der Waals surface area contributed by atoms with E-state index in [2.05, 4.69) is 18.8 Å². The van der Waals surface area contributed by atoms with Gasteiger partial charge in [-0.05, 0) is 12.5 Å². The molecule has 0 unspecified atom stereocenters. The molecule has 0 saturated heterocycles. The minimum atomic E-state index is -0.259. The van der Waals surface area contributed by atoms with Gasteiger partial charge in [0.15, 0.2) is 0 Å². The van der Waals surface area contributed by atoms with Crippen molar-refractivity contribution >= 4 is 11.9 Å². The topological polar surface area (TPSA) is 55.4 Å². The molecule has 0 heterocycles. The van der Waals surface area contributed by atoms with Crippen molar-refractivity contribution in [1.29, 1.82) is 0 Å². The van der Waals surface area contributed by atoms with Gasteiger partial charge in [-0.1, -0.05) is 110 Å². The quantitative estimate of drug-likeness (QED) is 0.137. The van der Waals surface area contributed by atoms with Crippen LogP contribution in [0.5, 0.6) is 0 Å². The Morgan fingerprint density at radius 3 is 1.61 bits per heavy atom. The SMILES string of the molecule is C=CC(=O)NCCC(=O)OCCCCCCCCCCCCCCCCCC. The van der Waals surface area contributed by atoms with E-state index in [9.17, 15) is 9.59 Å². The molecule has 0 aromatic carbocycles. The van der Waals surface area contributed by atoms with Gasteiger partial charge in [-0.3, -0.25) is 9.59 Å². The summed E-state index contributed by atoms with van der Waals surface area (Å²) in [6.07, 6.45) is 22.8. The Balaban J connectivity index is 3.14. The van der Waals surface area contributed by atoms with Crippen LogP contribution in [0.2, 0.25) is 0 Å². The second-order valence-electron chi connectivity index (χ2n) is 7.77. The molecule has 0 radical (unpaired) electrons. The highest BCUT2D eigenvalue weighted by Gasteiger charge is 2.03. The van der Waals surface area contributed by atoms with Crippen molar-refractivity contribution in [3.63, 3.8) is 0 Å². The summed E-state index contributed by atoms with van der Waals surface area (Å²) in [7, 11) is 0. The first-order valence-electron chi connectivity index (χ1n) is 11.8. The zero-order valence-electron chi connectivity index (χ0n) is 18.4. The fourth-order valence-corrected chi connectivity index (χ4v) is 3.27. The Kier molecular flexibility index (Phi) is 20.9. The van der Waals surface area contributed by atoms with Crippen LogP contribution in [0.4, 0.5) is 0 Å². The van der Waals surface area contributed by atoms with Crippen molar-refractivity contribution in [3.8, 4) is 0 Å². The van der Waals surface area contributed by atoms with E-state index in [1.54, 1.807) is 0 Å². The molecular formula is C24H45NO3. The number of amides is 1. The average molecular weight is 396 g/mol. The molecule has 0 aromatic heterocycles. The normalized spacial score (nSPS) is 10.6. The first-order chi connectivity index (χ1) is 13.7. The maximum atomic E-state index is 11.5. The smallest absolute Gasteiger partial charge is 0.307 e. The summed E-state index contributed by atoms with van der Waals surface area (Å²) in [6.45, 7) is 6.43. The molecular weight excluding hydrogens is 350 g/mol. The zero-order valence-corrected chi connectivity index (χ0v) is 18.4. The lowest BCUT2D eigenvalue weighted by atomic mass is 10.0. The molecule has 0 atom stereocenters. The molecule has 0 aliphatic carbocycles. The third-order valence-corrected chi connectivity index (χ3v) is 5.07. The number of ether oxygens (including phenoxy) is 1. The number of carbonyl (C=O) groups is 2. The third-order valence-electron chi connectivity index (χ3n) is 5.07. The Morgan fingerprint density at radius 2 is 1.18 bits per heavy atom. The van der Waals surface area contributed by atoms with Gasteiger partial charge in [0.05, 0.1) is 13.0 Å². The van der Waals surface area contributed by atoms with E-state index in [4.69, 9.17) is 4.74 Å². The average Bonchev–Trinajstić information content (AvgIpc) is 2.70. The zero-order chi connectivity index (χ0) is 20.7. The number of nitrogens with one attached hydrogen (secondary N) is 1. The molecule has 0 bridgehead atoms. The molecule has 0 rings (SSSR count). The Labute approximate surface area is 173 Å². The predicted octanol–water partition coefficient (Wildman–Crippen LogP) is 6.48. The fraction of sp³-hybridized carbons (Fsp3) is 0.833. The summed E-state index contributed by atoms with van der Waals surface area (Å²) in [6, 6.07) is 0. The van der Waals surface area contributed by atoms with E-state index in [0.717, 1.165) is 12.8 Å². The molecule has 1 N–H and O–H groups in total.